The van der Waals surface area contributed by atoms with Gasteiger partial charge in [0.1, 0.15) is 0 Å². The summed E-state index contributed by atoms with van der Waals surface area (Å²) in [4.78, 5) is 14.3. The summed E-state index contributed by atoms with van der Waals surface area (Å²) < 4.78 is 33.2. The Kier molecular flexibility index (Phi) is 38.3. The smallest absolute Gasteiger partial charge is 0 e. The van der Waals surface area contributed by atoms with Crippen LogP contribution in [0.4, 0.5) is 0 Å². The van der Waals surface area contributed by atoms with Crippen LogP contribution in [0.25, 0.3) is 0 Å². The van der Waals surface area contributed by atoms with Crippen LogP contribution in [0, 0.1) is 0 Å². The molecule has 62 valence electrons. The van der Waals surface area contributed by atoms with Gasteiger partial charge in [0.2, 0.25) is 0 Å². The maximum atomic E-state index is 8.74. The van der Waals surface area contributed by atoms with E-state index in [9.17, 15) is 0 Å². The SMILES string of the molecule is O=[PH](O)O.[Mo].[O]=[V](=[O])[OH].[W]. The molecule has 0 aromatic heterocycles. The zero-order chi connectivity index (χ0) is 7.15. The molecule has 0 unspecified atom stereocenters. The molecule has 0 spiro atoms. The summed E-state index contributed by atoms with van der Waals surface area (Å²) >= 11 is -3.69. The normalized spacial score (nSPS) is 6.00. The Balaban J connectivity index is -0.0000000300. The van der Waals surface area contributed by atoms with Crippen LogP contribution in [-0.4, -0.2) is 13.8 Å². The molecule has 0 heterocycles. The van der Waals surface area contributed by atoms with Gasteiger partial charge in [-0.1, -0.05) is 0 Å². The first-order valence-corrected chi connectivity index (χ1v) is 4.28. The summed E-state index contributed by atoms with van der Waals surface area (Å²) in [5, 5.41) is 0. The van der Waals surface area contributed by atoms with Gasteiger partial charge in [0.15, 0.2) is 0 Å². The van der Waals surface area contributed by atoms with Crippen LogP contribution < -0.4 is 0 Å². The third kappa shape index (κ3) is 260. The van der Waals surface area contributed by atoms with Crippen molar-refractivity contribution in [3.05, 3.63) is 0 Å². The molecule has 0 aliphatic rings. The van der Waals surface area contributed by atoms with Crippen LogP contribution in [-0.2, 0) is 69.4 Å². The Morgan fingerprint density at radius 2 is 1.20 bits per heavy atom. The van der Waals surface area contributed by atoms with Crippen molar-refractivity contribution in [3.63, 3.8) is 0 Å². The van der Waals surface area contributed by atoms with Gasteiger partial charge in [0.25, 0.3) is 0 Å². The minimum absolute atomic E-state index is 0. The molecule has 0 aliphatic carbocycles. The molecule has 0 amide bonds. The average molecular weight is 462 g/mol. The van der Waals surface area contributed by atoms with E-state index in [1.807, 2.05) is 0 Å². The minimum Gasteiger partial charge on any atom is 0 e. The van der Waals surface area contributed by atoms with Gasteiger partial charge >= 0.3 is 35.0 Å². The molecular weight excluding hydrogens is 458 g/mol. The van der Waals surface area contributed by atoms with Crippen LogP contribution in [0.3, 0.4) is 0 Å². The summed E-state index contributed by atoms with van der Waals surface area (Å²) in [6.45, 7) is 0. The fraction of sp³-hybridized carbons (Fsp3) is 0. The van der Waals surface area contributed by atoms with Crippen LogP contribution in [0.1, 0.15) is 0 Å². The van der Waals surface area contributed by atoms with Gasteiger partial charge in [0, 0.05) is 42.1 Å². The van der Waals surface area contributed by atoms with Gasteiger partial charge < -0.3 is 9.79 Å². The van der Waals surface area contributed by atoms with Crippen LogP contribution in [0.15, 0.2) is 0 Å². The molecule has 0 saturated carbocycles. The molecular formula is H4MoO6PVW. The zero-order valence-electron chi connectivity index (χ0n) is 4.33. The Hall–Kier alpha value is 1.67. The minimum atomic E-state index is -3.69. The quantitative estimate of drug-likeness (QED) is 0.301. The molecule has 0 aromatic carbocycles. The van der Waals surface area contributed by atoms with E-state index >= 15 is 0 Å². The van der Waals surface area contributed by atoms with E-state index in [1.165, 1.54) is 0 Å². The largest absolute Gasteiger partial charge is 0 e. The average Bonchev–Trinajstić information content (AvgIpc) is 1.25. The summed E-state index contributed by atoms with van der Waals surface area (Å²) in [6.07, 6.45) is 0. The monoisotopic (exact) mass is 464 g/mol. The maximum Gasteiger partial charge on any atom is 0 e. The van der Waals surface area contributed by atoms with E-state index in [2.05, 4.69) is 0 Å². The Labute approximate surface area is 90.9 Å². The molecule has 0 radical (unpaired) electrons. The van der Waals surface area contributed by atoms with E-state index in [0.717, 1.165) is 0 Å². The Morgan fingerprint density at radius 3 is 1.20 bits per heavy atom. The first kappa shape index (κ1) is 22.6. The number of rotatable bonds is 0. The summed E-state index contributed by atoms with van der Waals surface area (Å²) in [5.41, 5.74) is 0. The predicted molar refractivity (Wildman–Crippen MR) is 17.0 cm³/mol. The first-order valence-electron chi connectivity index (χ1n) is 1.22. The molecule has 0 saturated heterocycles. The van der Waals surface area contributed by atoms with Crippen LogP contribution >= 0.6 is 8.25 Å². The second-order valence-electron chi connectivity index (χ2n) is 0.520. The standard InChI is InChI=1S/Mo.H3O3P.H2O.2O.V.W/c;1-4(2)3;;;;;/h;4H,(H2,1,2,3);1H2;;;;/q;;;;;+1;/p-1. The Morgan fingerprint density at radius 1 is 1.20 bits per heavy atom. The summed E-state index contributed by atoms with van der Waals surface area (Å²) in [7, 11) is -3.13. The van der Waals surface area contributed by atoms with Crippen LogP contribution in [0.5, 0.6) is 0 Å². The van der Waals surface area contributed by atoms with Gasteiger partial charge in [-0.3, -0.25) is 4.57 Å². The fourth-order valence-corrected chi connectivity index (χ4v) is 0. The molecule has 0 aliphatic heterocycles. The van der Waals surface area contributed by atoms with Crippen molar-refractivity contribution in [1.29, 1.82) is 0 Å². The van der Waals surface area contributed by atoms with E-state index in [-0.39, 0.29) is 42.1 Å². The van der Waals surface area contributed by atoms with E-state index in [4.69, 9.17) is 25.7 Å². The van der Waals surface area contributed by atoms with E-state index in [0.29, 0.717) is 0 Å². The van der Waals surface area contributed by atoms with E-state index < -0.39 is 23.7 Å². The van der Waals surface area contributed by atoms with Crippen molar-refractivity contribution in [3.8, 4) is 0 Å². The second kappa shape index (κ2) is 17.0. The van der Waals surface area contributed by atoms with Gasteiger partial charge in [-0.05, 0) is 0 Å². The maximum absolute atomic E-state index is 8.74. The van der Waals surface area contributed by atoms with Crippen molar-refractivity contribution in [1.82, 2.24) is 0 Å². The zero-order valence-corrected chi connectivity index (χ0v) is 11.7. The molecule has 3 N–H and O–H groups in total. The molecule has 6 nitrogen and oxygen atoms in total. The fourth-order valence-electron chi connectivity index (χ4n) is 0. The van der Waals surface area contributed by atoms with Crippen molar-refractivity contribution in [2.75, 3.05) is 0 Å². The molecule has 0 atom stereocenters. The molecule has 0 rings (SSSR count). The molecule has 10 heteroatoms. The van der Waals surface area contributed by atoms with Gasteiger partial charge in [-0.2, -0.15) is 0 Å². The van der Waals surface area contributed by atoms with Crippen molar-refractivity contribution >= 4 is 8.25 Å². The van der Waals surface area contributed by atoms with Gasteiger partial charge in [-0.15, -0.1) is 0 Å². The topological polar surface area (TPSA) is 112 Å². The molecule has 0 bridgehead atoms. The summed E-state index contributed by atoms with van der Waals surface area (Å²) in [5.74, 6) is 0. The van der Waals surface area contributed by atoms with Gasteiger partial charge in [-0.25, -0.2) is 0 Å². The van der Waals surface area contributed by atoms with E-state index in [1.54, 1.807) is 0 Å². The second-order valence-corrected chi connectivity index (χ2v) is 1.83. The van der Waals surface area contributed by atoms with Crippen molar-refractivity contribution in [2.45, 2.75) is 0 Å². The van der Waals surface area contributed by atoms with Crippen molar-refractivity contribution in [2.24, 2.45) is 0 Å². The first-order chi connectivity index (χ1) is 3.46. The number of hydrogen-bond donors (Lipinski definition) is 3. The molecule has 0 aromatic rings. The third-order valence-corrected chi connectivity index (χ3v) is 0. The number of hydrogen-bond acceptors (Lipinski definition) is 3. The van der Waals surface area contributed by atoms with Crippen molar-refractivity contribution < 1.29 is 83.3 Å². The third-order valence-electron chi connectivity index (χ3n) is 0. The van der Waals surface area contributed by atoms with Crippen LogP contribution in [0.2, 0.25) is 0 Å². The summed E-state index contributed by atoms with van der Waals surface area (Å²) in [6, 6.07) is 0. The molecule has 10 heavy (non-hydrogen) atoms. The van der Waals surface area contributed by atoms with Gasteiger partial charge in [0.05, 0.1) is 0 Å². The Bertz CT molecular complexity index is 120. The molecule has 0 fully saturated rings. The predicted octanol–water partition coefficient (Wildman–Crippen LogP) is -1.44.